The minimum absolute atomic E-state index is 0.457. The van der Waals surface area contributed by atoms with Crippen LogP contribution in [0.1, 0.15) is 11.1 Å². The molecule has 0 atom stereocenters. The molecule has 0 fully saturated rings. The molecule has 0 amide bonds. The van der Waals surface area contributed by atoms with Crippen LogP contribution in [0, 0.1) is 0 Å². The molecule has 4 aromatic carbocycles. The third kappa shape index (κ3) is 2.80. The number of ether oxygens (including phenoxy) is 1. The van der Waals surface area contributed by atoms with E-state index in [1.165, 1.54) is 21.9 Å². The summed E-state index contributed by atoms with van der Waals surface area (Å²) in [5.41, 5.74) is 11.2. The molecule has 1 aliphatic carbocycles. The Hall–Kier alpha value is -3.53. The van der Waals surface area contributed by atoms with E-state index in [2.05, 4.69) is 42.5 Å². The molecule has 4 heteroatoms. The summed E-state index contributed by atoms with van der Waals surface area (Å²) < 4.78 is 5.51. The molecule has 0 aliphatic heterocycles. The second-order valence-electron chi connectivity index (χ2n) is 7.45. The van der Waals surface area contributed by atoms with Crippen LogP contribution in [-0.4, -0.2) is 20.1 Å². The normalized spacial score (nSPS) is 13.2. The van der Waals surface area contributed by atoms with Crippen LogP contribution < -0.4 is 15.4 Å². The van der Waals surface area contributed by atoms with Gasteiger partial charge in [-0.05, 0) is 47.6 Å². The first-order valence-corrected chi connectivity index (χ1v) is 9.84. The minimum atomic E-state index is 0.457. The van der Waals surface area contributed by atoms with E-state index in [0.717, 1.165) is 40.7 Å². The number of aliphatic imine (C=N–C) groups is 1. The minimum Gasteiger partial charge on any atom is -0.496 e. The van der Waals surface area contributed by atoms with Crippen molar-refractivity contribution in [2.24, 2.45) is 10.7 Å². The third-order valence-corrected chi connectivity index (χ3v) is 5.87. The standard InChI is InChI=1S/C25H23N3O/c1-28(22-14-15-23(29-2)19-8-4-3-7-18(19)22)25(26)27-21-13-12-17-11-10-16-6-5-9-20(21)24(16)17/h3-9,12-15H,10-11H2,1-2H3,(H2,26,27). The fourth-order valence-corrected chi connectivity index (χ4v) is 4.38. The van der Waals surface area contributed by atoms with Gasteiger partial charge in [0, 0.05) is 23.2 Å². The molecule has 2 N–H and O–H groups in total. The van der Waals surface area contributed by atoms with E-state index in [1.54, 1.807) is 7.11 Å². The highest BCUT2D eigenvalue weighted by atomic mass is 16.5. The van der Waals surface area contributed by atoms with Crippen molar-refractivity contribution in [1.29, 1.82) is 0 Å². The Bertz CT molecular complexity index is 1270. The van der Waals surface area contributed by atoms with E-state index >= 15 is 0 Å². The van der Waals surface area contributed by atoms with Crippen LogP contribution in [0.3, 0.4) is 0 Å². The molecule has 0 aromatic heterocycles. The first-order chi connectivity index (χ1) is 14.2. The zero-order valence-corrected chi connectivity index (χ0v) is 16.6. The van der Waals surface area contributed by atoms with Crippen molar-refractivity contribution in [2.75, 3.05) is 19.1 Å². The van der Waals surface area contributed by atoms with Gasteiger partial charge in [-0.2, -0.15) is 0 Å². The maximum Gasteiger partial charge on any atom is 0.200 e. The lowest BCUT2D eigenvalue weighted by Gasteiger charge is -2.21. The topological polar surface area (TPSA) is 50.9 Å². The molecular weight excluding hydrogens is 358 g/mol. The van der Waals surface area contributed by atoms with Crippen LogP contribution in [0.5, 0.6) is 5.75 Å². The molecule has 0 heterocycles. The zero-order valence-electron chi connectivity index (χ0n) is 16.6. The van der Waals surface area contributed by atoms with Gasteiger partial charge in [-0.3, -0.25) is 0 Å². The molecule has 0 unspecified atom stereocenters. The predicted octanol–water partition coefficient (Wildman–Crippen LogP) is 5.18. The van der Waals surface area contributed by atoms with E-state index in [4.69, 9.17) is 15.5 Å². The van der Waals surface area contributed by atoms with Gasteiger partial charge in [-0.15, -0.1) is 0 Å². The number of methoxy groups -OCH3 is 1. The summed E-state index contributed by atoms with van der Waals surface area (Å²) in [6, 6.07) is 22.9. The first-order valence-electron chi connectivity index (χ1n) is 9.84. The summed E-state index contributed by atoms with van der Waals surface area (Å²) in [5.74, 6) is 1.31. The summed E-state index contributed by atoms with van der Waals surface area (Å²) in [6.45, 7) is 0. The van der Waals surface area contributed by atoms with Crippen molar-refractivity contribution < 1.29 is 4.74 Å². The number of hydrogen-bond donors (Lipinski definition) is 1. The molecule has 144 valence electrons. The van der Waals surface area contributed by atoms with Gasteiger partial charge in [0.1, 0.15) is 5.75 Å². The summed E-state index contributed by atoms with van der Waals surface area (Å²) in [7, 11) is 3.64. The maximum atomic E-state index is 6.47. The van der Waals surface area contributed by atoms with Gasteiger partial charge in [-0.25, -0.2) is 4.99 Å². The maximum absolute atomic E-state index is 6.47. The van der Waals surface area contributed by atoms with Crippen molar-refractivity contribution in [1.82, 2.24) is 0 Å². The molecule has 1 aliphatic rings. The SMILES string of the molecule is COc1ccc(N(C)C(N)=Nc2ccc3c4c(cccc24)CC3)c2ccccc12. The number of hydrogen-bond acceptors (Lipinski definition) is 2. The van der Waals surface area contributed by atoms with Crippen LogP contribution >= 0.6 is 0 Å². The van der Waals surface area contributed by atoms with Crippen molar-refractivity contribution in [3.8, 4) is 5.75 Å². The molecule has 0 saturated carbocycles. The molecule has 0 radical (unpaired) electrons. The fraction of sp³-hybridized carbons (Fsp3) is 0.160. The van der Waals surface area contributed by atoms with Gasteiger partial charge in [0.25, 0.3) is 0 Å². The van der Waals surface area contributed by atoms with Crippen LogP contribution in [0.25, 0.3) is 21.5 Å². The Labute approximate surface area is 170 Å². The Morgan fingerprint density at radius 3 is 2.38 bits per heavy atom. The number of anilines is 1. The number of rotatable bonds is 3. The summed E-state index contributed by atoms with van der Waals surface area (Å²) in [6.07, 6.45) is 2.21. The second-order valence-corrected chi connectivity index (χ2v) is 7.45. The van der Waals surface area contributed by atoms with E-state index in [0.29, 0.717) is 5.96 Å². The summed E-state index contributed by atoms with van der Waals surface area (Å²) in [4.78, 5) is 6.75. The number of nitrogens with zero attached hydrogens (tertiary/aromatic N) is 2. The average molecular weight is 381 g/mol. The fourth-order valence-electron chi connectivity index (χ4n) is 4.38. The van der Waals surface area contributed by atoms with Crippen molar-refractivity contribution >= 4 is 38.9 Å². The second kappa shape index (κ2) is 6.82. The Morgan fingerprint density at radius 2 is 1.59 bits per heavy atom. The lowest BCUT2D eigenvalue weighted by atomic mass is 10.0. The zero-order chi connectivity index (χ0) is 20.0. The predicted molar refractivity (Wildman–Crippen MR) is 122 cm³/mol. The van der Waals surface area contributed by atoms with E-state index in [9.17, 15) is 0 Å². The van der Waals surface area contributed by atoms with Crippen molar-refractivity contribution in [3.05, 3.63) is 77.9 Å². The quantitative estimate of drug-likeness (QED) is 0.393. The summed E-state index contributed by atoms with van der Waals surface area (Å²) in [5, 5.41) is 4.65. The van der Waals surface area contributed by atoms with Crippen molar-refractivity contribution in [2.45, 2.75) is 12.8 Å². The number of benzene rings is 4. The van der Waals surface area contributed by atoms with Gasteiger partial charge in [0.15, 0.2) is 0 Å². The van der Waals surface area contributed by atoms with Gasteiger partial charge >= 0.3 is 0 Å². The molecule has 4 nitrogen and oxygen atoms in total. The van der Waals surface area contributed by atoms with Crippen LogP contribution in [0.15, 0.2) is 71.7 Å². The highest BCUT2D eigenvalue weighted by Crippen LogP contribution is 2.37. The summed E-state index contributed by atoms with van der Waals surface area (Å²) >= 11 is 0. The lowest BCUT2D eigenvalue weighted by Crippen LogP contribution is -2.33. The number of guanidine groups is 1. The highest BCUT2D eigenvalue weighted by molar-refractivity contribution is 6.08. The van der Waals surface area contributed by atoms with Crippen LogP contribution in [-0.2, 0) is 12.8 Å². The molecule has 5 rings (SSSR count). The van der Waals surface area contributed by atoms with E-state index in [1.807, 2.05) is 36.2 Å². The Morgan fingerprint density at radius 1 is 0.862 bits per heavy atom. The largest absolute Gasteiger partial charge is 0.496 e. The molecular formula is C25H23N3O. The monoisotopic (exact) mass is 381 g/mol. The Balaban J connectivity index is 1.60. The van der Waals surface area contributed by atoms with Gasteiger partial charge in [0.05, 0.1) is 18.5 Å². The smallest absolute Gasteiger partial charge is 0.200 e. The molecule has 29 heavy (non-hydrogen) atoms. The molecule has 4 aromatic rings. The van der Waals surface area contributed by atoms with Crippen LogP contribution in [0.2, 0.25) is 0 Å². The van der Waals surface area contributed by atoms with Gasteiger partial charge in [0.2, 0.25) is 5.96 Å². The molecule has 0 saturated heterocycles. The third-order valence-electron chi connectivity index (χ3n) is 5.87. The van der Waals surface area contributed by atoms with E-state index in [-0.39, 0.29) is 0 Å². The molecule has 0 bridgehead atoms. The Kier molecular flexibility index (Phi) is 4.13. The highest BCUT2D eigenvalue weighted by Gasteiger charge is 2.17. The van der Waals surface area contributed by atoms with E-state index < -0.39 is 0 Å². The van der Waals surface area contributed by atoms with Crippen molar-refractivity contribution in [3.63, 3.8) is 0 Å². The number of fused-ring (bicyclic) bond motifs is 1. The average Bonchev–Trinajstić information content (AvgIpc) is 3.19. The van der Waals surface area contributed by atoms with Gasteiger partial charge < -0.3 is 15.4 Å². The number of aryl methyl sites for hydroxylation is 2. The van der Waals surface area contributed by atoms with Gasteiger partial charge in [-0.1, -0.05) is 48.5 Å². The molecule has 0 spiro atoms. The van der Waals surface area contributed by atoms with Crippen LogP contribution in [0.4, 0.5) is 11.4 Å². The number of nitrogens with two attached hydrogens (primary N) is 1. The first kappa shape index (κ1) is 17.6. The lowest BCUT2D eigenvalue weighted by molar-refractivity contribution is 0.420.